The Morgan fingerprint density at radius 2 is 2.12 bits per heavy atom. The van der Waals surface area contributed by atoms with Crippen molar-refractivity contribution in [1.29, 1.82) is 0 Å². The summed E-state index contributed by atoms with van der Waals surface area (Å²) in [4.78, 5) is 16.3. The molecular weight excluding hydrogens is 320 g/mol. The number of hydrogen-bond donors (Lipinski definition) is 2. The van der Waals surface area contributed by atoms with Gasteiger partial charge in [0.15, 0.2) is 5.82 Å². The van der Waals surface area contributed by atoms with Crippen molar-refractivity contribution < 1.29 is 9.32 Å². The third-order valence-corrected chi connectivity index (χ3v) is 3.68. The van der Waals surface area contributed by atoms with Crippen molar-refractivity contribution in [3.8, 4) is 0 Å². The zero-order valence-corrected chi connectivity index (χ0v) is 14.1. The number of carbonyl (C=O) groups is 1. The van der Waals surface area contributed by atoms with Crippen LogP contribution in [0.1, 0.15) is 36.7 Å². The number of benzene rings is 1. The minimum absolute atomic E-state index is 0.295. The number of carbonyl (C=O) groups excluding carboxylic acids is 1. The molecular formula is C17H20N6O2. The lowest BCUT2D eigenvalue weighted by molar-refractivity contribution is 0.247. The minimum atomic E-state index is -0.311. The quantitative estimate of drug-likeness (QED) is 0.719. The maximum atomic E-state index is 12.2. The van der Waals surface area contributed by atoms with Crippen LogP contribution in [0.15, 0.2) is 47.2 Å². The molecule has 2 N–H and O–H groups in total. The highest BCUT2D eigenvalue weighted by Gasteiger charge is 2.17. The molecule has 2 heterocycles. The summed E-state index contributed by atoms with van der Waals surface area (Å²) in [6.07, 6.45) is 4.31. The average molecular weight is 340 g/mol. The van der Waals surface area contributed by atoms with Crippen molar-refractivity contribution in [2.75, 3.05) is 5.32 Å². The number of hydrogen-bond acceptors (Lipinski definition) is 5. The van der Waals surface area contributed by atoms with E-state index in [1.54, 1.807) is 13.1 Å². The van der Waals surface area contributed by atoms with Gasteiger partial charge in [-0.2, -0.15) is 10.1 Å². The van der Waals surface area contributed by atoms with Crippen LogP contribution in [-0.4, -0.2) is 26.0 Å². The van der Waals surface area contributed by atoms with Crippen LogP contribution in [0, 0.1) is 6.92 Å². The van der Waals surface area contributed by atoms with E-state index in [1.165, 1.54) is 0 Å². The summed E-state index contributed by atoms with van der Waals surface area (Å²) < 4.78 is 6.80. The van der Waals surface area contributed by atoms with E-state index in [4.69, 9.17) is 4.52 Å². The van der Waals surface area contributed by atoms with Crippen molar-refractivity contribution in [2.24, 2.45) is 0 Å². The lowest BCUT2D eigenvalue weighted by Gasteiger charge is -2.14. The molecule has 0 aliphatic heterocycles. The van der Waals surface area contributed by atoms with E-state index >= 15 is 0 Å². The van der Waals surface area contributed by atoms with E-state index in [0.29, 0.717) is 30.4 Å². The van der Waals surface area contributed by atoms with Crippen LogP contribution in [0.3, 0.4) is 0 Å². The molecule has 3 rings (SSSR count). The number of anilines is 1. The zero-order valence-electron chi connectivity index (χ0n) is 14.1. The molecule has 2 aromatic heterocycles. The van der Waals surface area contributed by atoms with E-state index in [0.717, 1.165) is 5.56 Å². The lowest BCUT2D eigenvalue weighted by atomic mass is 10.2. The predicted molar refractivity (Wildman–Crippen MR) is 92.0 cm³/mol. The Hall–Kier alpha value is -3.16. The van der Waals surface area contributed by atoms with Crippen LogP contribution in [-0.2, 0) is 6.54 Å². The molecule has 0 fully saturated rings. The van der Waals surface area contributed by atoms with E-state index in [1.807, 2.05) is 48.1 Å². The Kier molecular flexibility index (Phi) is 5.08. The van der Waals surface area contributed by atoms with Crippen molar-refractivity contribution in [1.82, 2.24) is 25.2 Å². The molecule has 0 saturated carbocycles. The SMILES string of the molecule is CC[C@H](NC(=O)Nc1ccc(Cn2cccn2)cc1)c1noc(C)n1. The molecule has 2 amide bonds. The third-order valence-electron chi connectivity index (χ3n) is 3.68. The molecule has 0 bridgehead atoms. The van der Waals surface area contributed by atoms with Crippen molar-refractivity contribution in [2.45, 2.75) is 32.9 Å². The van der Waals surface area contributed by atoms with Crippen LogP contribution < -0.4 is 10.6 Å². The van der Waals surface area contributed by atoms with Crippen LogP contribution in [0.5, 0.6) is 0 Å². The Morgan fingerprint density at radius 3 is 2.72 bits per heavy atom. The van der Waals surface area contributed by atoms with Gasteiger partial charge in [0, 0.05) is 25.0 Å². The highest BCUT2D eigenvalue weighted by Crippen LogP contribution is 2.14. The molecule has 0 aliphatic carbocycles. The first kappa shape index (κ1) is 16.7. The molecule has 25 heavy (non-hydrogen) atoms. The van der Waals surface area contributed by atoms with Crippen molar-refractivity contribution in [3.05, 3.63) is 60.0 Å². The Morgan fingerprint density at radius 1 is 1.32 bits per heavy atom. The fourth-order valence-corrected chi connectivity index (χ4v) is 2.41. The van der Waals surface area contributed by atoms with E-state index in [9.17, 15) is 4.79 Å². The van der Waals surface area contributed by atoms with Gasteiger partial charge in [-0.25, -0.2) is 4.79 Å². The minimum Gasteiger partial charge on any atom is -0.340 e. The second-order valence-corrected chi connectivity index (χ2v) is 5.63. The summed E-state index contributed by atoms with van der Waals surface area (Å²) in [6, 6.07) is 8.91. The Balaban J connectivity index is 1.56. The van der Waals surface area contributed by atoms with Gasteiger partial charge in [0.25, 0.3) is 0 Å². The van der Waals surface area contributed by atoms with Gasteiger partial charge < -0.3 is 15.2 Å². The van der Waals surface area contributed by atoms with Gasteiger partial charge in [-0.05, 0) is 30.2 Å². The maximum Gasteiger partial charge on any atom is 0.319 e. The number of urea groups is 1. The standard InChI is InChI=1S/C17H20N6O2/c1-3-15(16-19-12(2)25-22-16)21-17(24)20-14-7-5-13(6-8-14)11-23-10-4-9-18-23/h4-10,15H,3,11H2,1-2H3,(H2,20,21,24)/t15-/m0/s1. The van der Waals surface area contributed by atoms with Crippen molar-refractivity contribution in [3.63, 3.8) is 0 Å². The van der Waals surface area contributed by atoms with Gasteiger partial charge in [-0.1, -0.05) is 24.2 Å². The highest BCUT2D eigenvalue weighted by molar-refractivity contribution is 5.89. The summed E-state index contributed by atoms with van der Waals surface area (Å²) in [5, 5.41) is 13.7. The first-order valence-corrected chi connectivity index (χ1v) is 8.08. The third kappa shape index (κ3) is 4.43. The summed E-state index contributed by atoms with van der Waals surface area (Å²) in [5.41, 5.74) is 1.81. The molecule has 1 aromatic carbocycles. The molecule has 0 saturated heterocycles. The molecule has 0 aliphatic rings. The van der Waals surface area contributed by atoms with Crippen molar-refractivity contribution >= 4 is 11.7 Å². The molecule has 3 aromatic rings. The monoisotopic (exact) mass is 340 g/mol. The number of aromatic nitrogens is 4. The Bertz CT molecular complexity index is 810. The van der Waals surface area contributed by atoms with Gasteiger partial charge in [-0.15, -0.1) is 0 Å². The molecule has 0 radical (unpaired) electrons. The molecule has 8 heteroatoms. The fourth-order valence-electron chi connectivity index (χ4n) is 2.41. The summed E-state index contributed by atoms with van der Waals surface area (Å²) in [5.74, 6) is 0.952. The predicted octanol–water partition coefficient (Wildman–Crippen LogP) is 2.90. The number of aryl methyl sites for hydroxylation is 1. The van der Waals surface area contributed by atoms with Gasteiger partial charge in [0.2, 0.25) is 5.89 Å². The topological polar surface area (TPSA) is 97.9 Å². The second kappa shape index (κ2) is 7.61. The fraction of sp³-hybridized carbons (Fsp3) is 0.294. The number of nitrogens with one attached hydrogen (secondary N) is 2. The molecule has 8 nitrogen and oxygen atoms in total. The first-order valence-electron chi connectivity index (χ1n) is 8.08. The normalized spacial score (nSPS) is 11.9. The highest BCUT2D eigenvalue weighted by atomic mass is 16.5. The average Bonchev–Trinajstić information content (AvgIpc) is 3.26. The van der Waals surface area contributed by atoms with Gasteiger partial charge in [0.05, 0.1) is 12.6 Å². The van der Waals surface area contributed by atoms with Gasteiger partial charge in [0.1, 0.15) is 0 Å². The van der Waals surface area contributed by atoms with E-state index in [2.05, 4.69) is 25.9 Å². The van der Waals surface area contributed by atoms with Crippen LogP contribution in [0.25, 0.3) is 0 Å². The summed E-state index contributed by atoms with van der Waals surface area (Å²) in [7, 11) is 0. The smallest absolute Gasteiger partial charge is 0.319 e. The van der Waals surface area contributed by atoms with Crippen LogP contribution in [0.2, 0.25) is 0 Å². The van der Waals surface area contributed by atoms with Gasteiger partial charge in [-0.3, -0.25) is 4.68 Å². The number of rotatable bonds is 6. The maximum absolute atomic E-state index is 12.2. The molecule has 130 valence electrons. The number of amides is 2. The zero-order chi connectivity index (χ0) is 17.6. The van der Waals surface area contributed by atoms with Crippen LogP contribution in [0.4, 0.5) is 10.5 Å². The molecule has 0 spiro atoms. The van der Waals surface area contributed by atoms with Crippen LogP contribution >= 0.6 is 0 Å². The molecule has 1 atom stereocenters. The largest absolute Gasteiger partial charge is 0.340 e. The second-order valence-electron chi connectivity index (χ2n) is 5.63. The van der Waals surface area contributed by atoms with E-state index < -0.39 is 0 Å². The summed E-state index contributed by atoms with van der Waals surface area (Å²) >= 11 is 0. The first-order chi connectivity index (χ1) is 12.1. The Labute approximate surface area is 145 Å². The van der Waals surface area contributed by atoms with E-state index in [-0.39, 0.29) is 12.1 Å². The summed E-state index contributed by atoms with van der Waals surface area (Å²) in [6.45, 7) is 4.35. The lowest BCUT2D eigenvalue weighted by Crippen LogP contribution is -2.32. The van der Waals surface area contributed by atoms with Gasteiger partial charge >= 0.3 is 6.03 Å². The number of nitrogens with zero attached hydrogens (tertiary/aromatic N) is 4. The molecule has 0 unspecified atom stereocenters.